The highest BCUT2D eigenvalue weighted by atomic mass is 19.1. The van der Waals surface area contributed by atoms with Crippen molar-refractivity contribution in [3.63, 3.8) is 0 Å². The van der Waals surface area contributed by atoms with E-state index < -0.39 is 29.6 Å². The van der Waals surface area contributed by atoms with Crippen LogP contribution in [0.1, 0.15) is 23.7 Å². The Bertz CT molecular complexity index is 525. The Morgan fingerprint density at radius 3 is 2.63 bits per heavy atom. The number of halogens is 1. The Morgan fingerprint density at radius 1 is 1.47 bits per heavy atom. The second-order valence-corrected chi connectivity index (χ2v) is 4.17. The van der Waals surface area contributed by atoms with E-state index in [0.29, 0.717) is 0 Å². The maximum absolute atomic E-state index is 13.4. The number of carbonyl (C=O) groups excluding carboxylic acids is 2. The molecule has 100 valence electrons. The number of nitriles is 1. The van der Waals surface area contributed by atoms with Gasteiger partial charge in [0.2, 0.25) is 5.91 Å². The van der Waals surface area contributed by atoms with E-state index in [1.165, 1.54) is 18.2 Å². The first-order chi connectivity index (χ1) is 8.95. The molecule has 0 fully saturated rings. The van der Waals surface area contributed by atoms with E-state index in [0.717, 1.165) is 6.07 Å². The lowest BCUT2D eigenvalue weighted by atomic mass is 10.0. The van der Waals surface area contributed by atoms with Gasteiger partial charge in [0.25, 0.3) is 5.91 Å². The zero-order valence-electron chi connectivity index (χ0n) is 10.4. The summed E-state index contributed by atoms with van der Waals surface area (Å²) >= 11 is 0. The molecule has 0 unspecified atom stereocenters. The lowest BCUT2D eigenvalue weighted by Gasteiger charge is -2.16. The van der Waals surface area contributed by atoms with E-state index in [2.05, 4.69) is 5.32 Å². The van der Waals surface area contributed by atoms with Crippen molar-refractivity contribution >= 4 is 11.8 Å². The predicted octanol–water partition coefficient (Wildman–Crippen LogP) is 0.959. The number of nitrogens with zero attached hydrogens (tertiary/aromatic N) is 1. The Hall–Kier alpha value is -2.42. The largest absolute Gasteiger partial charge is 0.368 e. The van der Waals surface area contributed by atoms with Crippen molar-refractivity contribution in [2.45, 2.75) is 19.4 Å². The van der Waals surface area contributed by atoms with E-state index in [1.54, 1.807) is 6.92 Å². The Kier molecular flexibility index (Phi) is 5.01. The summed E-state index contributed by atoms with van der Waals surface area (Å²) in [6.07, 6.45) is 0.0893. The second kappa shape index (κ2) is 6.50. The SMILES string of the molecule is C[C@H](C#N)C[C@H](NC(=O)c1ccccc1F)C(N)=O. The number of amides is 2. The molecule has 3 N–H and O–H groups in total. The second-order valence-electron chi connectivity index (χ2n) is 4.17. The van der Waals surface area contributed by atoms with E-state index in [-0.39, 0.29) is 12.0 Å². The molecule has 0 aliphatic heterocycles. The van der Waals surface area contributed by atoms with Crippen LogP contribution in [-0.2, 0) is 4.79 Å². The van der Waals surface area contributed by atoms with Gasteiger partial charge in [-0.15, -0.1) is 0 Å². The van der Waals surface area contributed by atoms with Crippen LogP contribution in [-0.4, -0.2) is 17.9 Å². The Balaban J connectivity index is 2.81. The lowest BCUT2D eigenvalue weighted by molar-refractivity contribution is -0.120. The van der Waals surface area contributed by atoms with Gasteiger partial charge in [0, 0.05) is 5.92 Å². The maximum atomic E-state index is 13.4. The molecule has 0 aliphatic rings. The quantitative estimate of drug-likeness (QED) is 0.828. The van der Waals surface area contributed by atoms with Crippen molar-refractivity contribution in [3.05, 3.63) is 35.6 Å². The van der Waals surface area contributed by atoms with E-state index in [4.69, 9.17) is 11.0 Å². The van der Waals surface area contributed by atoms with E-state index >= 15 is 0 Å². The van der Waals surface area contributed by atoms with Crippen LogP contribution >= 0.6 is 0 Å². The molecule has 0 spiro atoms. The number of rotatable bonds is 5. The zero-order chi connectivity index (χ0) is 14.4. The zero-order valence-corrected chi connectivity index (χ0v) is 10.4. The summed E-state index contributed by atoms with van der Waals surface area (Å²) in [5.74, 6) is -2.62. The van der Waals surface area contributed by atoms with Crippen LogP contribution in [0.15, 0.2) is 24.3 Å². The lowest BCUT2D eigenvalue weighted by Crippen LogP contribution is -2.45. The third kappa shape index (κ3) is 4.07. The van der Waals surface area contributed by atoms with Gasteiger partial charge in [0.15, 0.2) is 0 Å². The number of primary amides is 1. The monoisotopic (exact) mass is 263 g/mol. The molecule has 6 heteroatoms. The molecule has 0 saturated carbocycles. The summed E-state index contributed by atoms with van der Waals surface area (Å²) in [7, 11) is 0. The highest BCUT2D eigenvalue weighted by Crippen LogP contribution is 2.09. The molecule has 0 aliphatic carbocycles. The average molecular weight is 263 g/mol. The molecule has 2 atom stereocenters. The molecule has 0 saturated heterocycles. The van der Waals surface area contributed by atoms with Gasteiger partial charge in [0.05, 0.1) is 11.6 Å². The fourth-order valence-corrected chi connectivity index (χ4v) is 1.53. The minimum atomic E-state index is -0.998. The van der Waals surface area contributed by atoms with Crippen molar-refractivity contribution < 1.29 is 14.0 Å². The minimum Gasteiger partial charge on any atom is -0.368 e. The smallest absolute Gasteiger partial charge is 0.254 e. The van der Waals surface area contributed by atoms with Crippen molar-refractivity contribution in [1.29, 1.82) is 5.26 Å². The molecule has 2 amide bonds. The molecule has 1 aromatic rings. The third-order valence-electron chi connectivity index (χ3n) is 2.58. The van der Waals surface area contributed by atoms with Crippen LogP contribution in [0.4, 0.5) is 4.39 Å². The molecule has 1 aromatic carbocycles. The van der Waals surface area contributed by atoms with Gasteiger partial charge in [-0.25, -0.2) is 4.39 Å². The highest BCUT2D eigenvalue weighted by molar-refractivity contribution is 5.97. The van der Waals surface area contributed by atoms with Gasteiger partial charge in [-0.1, -0.05) is 12.1 Å². The van der Waals surface area contributed by atoms with Crippen molar-refractivity contribution in [1.82, 2.24) is 5.32 Å². The van der Waals surface area contributed by atoms with Gasteiger partial charge < -0.3 is 11.1 Å². The van der Waals surface area contributed by atoms with Gasteiger partial charge in [0.1, 0.15) is 11.9 Å². The summed E-state index contributed by atoms with van der Waals surface area (Å²) < 4.78 is 13.4. The standard InChI is InChI=1S/C13H14FN3O2/c1-8(7-15)6-11(12(16)18)17-13(19)9-4-2-3-5-10(9)14/h2-5,8,11H,6H2,1H3,(H2,16,18)(H,17,19)/t8-,11-/m0/s1. The molecule has 0 radical (unpaired) electrons. The topological polar surface area (TPSA) is 96.0 Å². The normalized spacial score (nSPS) is 13.1. The minimum absolute atomic E-state index is 0.0893. The predicted molar refractivity (Wildman–Crippen MR) is 66.2 cm³/mol. The maximum Gasteiger partial charge on any atom is 0.254 e. The van der Waals surface area contributed by atoms with Crippen molar-refractivity contribution in [3.8, 4) is 6.07 Å². The number of hydrogen-bond donors (Lipinski definition) is 2. The summed E-state index contributed by atoms with van der Waals surface area (Å²) in [6, 6.07) is 6.35. The molecule has 5 nitrogen and oxygen atoms in total. The van der Waals surface area contributed by atoms with Crippen LogP contribution in [0, 0.1) is 23.1 Å². The number of benzene rings is 1. The summed E-state index contributed by atoms with van der Waals surface area (Å²) in [5.41, 5.74) is 4.98. The summed E-state index contributed by atoms with van der Waals surface area (Å²) in [4.78, 5) is 23.0. The number of nitrogens with two attached hydrogens (primary N) is 1. The van der Waals surface area contributed by atoms with Crippen LogP contribution in [0.25, 0.3) is 0 Å². The first-order valence-electron chi connectivity index (χ1n) is 5.70. The van der Waals surface area contributed by atoms with Gasteiger partial charge in [-0.2, -0.15) is 5.26 Å². The molecular weight excluding hydrogens is 249 g/mol. The van der Waals surface area contributed by atoms with Crippen LogP contribution < -0.4 is 11.1 Å². The van der Waals surface area contributed by atoms with Gasteiger partial charge in [-0.3, -0.25) is 9.59 Å². The van der Waals surface area contributed by atoms with Crippen molar-refractivity contribution in [2.75, 3.05) is 0 Å². The molecule has 0 heterocycles. The fraction of sp³-hybridized carbons (Fsp3) is 0.308. The van der Waals surface area contributed by atoms with Crippen LogP contribution in [0.5, 0.6) is 0 Å². The third-order valence-corrected chi connectivity index (χ3v) is 2.58. The first-order valence-corrected chi connectivity index (χ1v) is 5.70. The molecular formula is C13H14FN3O2. The number of nitrogens with one attached hydrogen (secondary N) is 1. The molecule has 0 bridgehead atoms. The average Bonchev–Trinajstić information content (AvgIpc) is 2.37. The Morgan fingerprint density at radius 2 is 2.11 bits per heavy atom. The molecule has 19 heavy (non-hydrogen) atoms. The number of hydrogen-bond acceptors (Lipinski definition) is 3. The van der Waals surface area contributed by atoms with Gasteiger partial charge in [-0.05, 0) is 25.5 Å². The van der Waals surface area contributed by atoms with Crippen molar-refractivity contribution in [2.24, 2.45) is 11.7 Å². The summed E-state index contributed by atoms with van der Waals surface area (Å²) in [6.45, 7) is 1.60. The summed E-state index contributed by atoms with van der Waals surface area (Å²) in [5, 5.41) is 11.0. The Labute approximate surface area is 110 Å². The number of carbonyl (C=O) groups is 2. The van der Waals surface area contributed by atoms with Crippen LogP contribution in [0.3, 0.4) is 0 Å². The molecule has 0 aromatic heterocycles. The molecule has 1 rings (SSSR count). The highest BCUT2D eigenvalue weighted by Gasteiger charge is 2.22. The first kappa shape index (κ1) is 14.6. The van der Waals surface area contributed by atoms with E-state index in [9.17, 15) is 14.0 Å². The fourth-order valence-electron chi connectivity index (χ4n) is 1.53. The van der Waals surface area contributed by atoms with E-state index in [1.807, 2.05) is 6.07 Å². The van der Waals surface area contributed by atoms with Gasteiger partial charge >= 0.3 is 0 Å². The van der Waals surface area contributed by atoms with Crippen LogP contribution in [0.2, 0.25) is 0 Å².